The monoisotopic (exact) mass is 496 g/mol. The van der Waals surface area contributed by atoms with Crippen molar-refractivity contribution in [2.75, 3.05) is 12.7 Å². The minimum absolute atomic E-state index is 0.0252. The average molecular weight is 496 g/mol. The molecule has 1 unspecified atom stereocenters. The Balaban J connectivity index is 1.64. The molecule has 2 heterocycles. The van der Waals surface area contributed by atoms with E-state index in [0.29, 0.717) is 42.7 Å². The van der Waals surface area contributed by atoms with E-state index in [-0.39, 0.29) is 23.0 Å². The molecule has 0 bridgehead atoms. The van der Waals surface area contributed by atoms with Gasteiger partial charge in [-0.25, -0.2) is 0 Å². The molecule has 0 aliphatic heterocycles. The molecule has 1 atom stereocenters. The maximum atomic E-state index is 11.0. The summed E-state index contributed by atoms with van der Waals surface area (Å²) < 4.78 is 22.6. The number of rotatable bonds is 12. The lowest BCUT2D eigenvalue weighted by Crippen LogP contribution is -2.15. The number of benzene rings is 1. The van der Waals surface area contributed by atoms with Crippen molar-refractivity contribution in [2.24, 2.45) is 0 Å². The number of nitro benzene ring substituents is 1. The van der Waals surface area contributed by atoms with Gasteiger partial charge in [0.1, 0.15) is 5.76 Å². The maximum Gasteiger partial charge on any atom is 0.325 e. The lowest BCUT2D eigenvalue weighted by Gasteiger charge is -2.08. The standard InChI is InChI=1S/C20H25N4O7PS/c1-3-14-11-17(12-21-8-5-9-32(27,28)29)30-18(14)19-22-23-20(31-19)33-13(2)15-6-4-7-16(10-15)24(25)26/h4,6-7,10-11,13,21H,3,5,8-9,12H2,1-2H3,(H2,27,28,29). The van der Waals surface area contributed by atoms with E-state index in [1.807, 2.05) is 26.0 Å². The van der Waals surface area contributed by atoms with Crippen LogP contribution in [0.3, 0.4) is 0 Å². The average Bonchev–Trinajstić information content (AvgIpc) is 3.39. The molecular weight excluding hydrogens is 471 g/mol. The fourth-order valence-corrected chi connectivity index (χ4v) is 4.47. The van der Waals surface area contributed by atoms with Gasteiger partial charge >= 0.3 is 7.60 Å². The number of nitrogens with one attached hydrogen (secondary N) is 1. The van der Waals surface area contributed by atoms with Crippen molar-refractivity contribution < 1.29 is 28.1 Å². The largest absolute Gasteiger partial charge is 0.454 e. The fourth-order valence-electron chi connectivity index (χ4n) is 3.10. The minimum Gasteiger partial charge on any atom is -0.454 e. The van der Waals surface area contributed by atoms with E-state index in [9.17, 15) is 14.7 Å². The summed E-state index contributed by atoms with van der Waals surface area (Å²) in [5.74, 6) is 1.37. The van der Waals surface area contributed by atoms with Crippen molar-refractivity contribution in [2.45, 2.75) is 43.7 Å². The van der Waals surface area contributed by atoms with Crippen molar-refractivity contribution in [3.05, 3.63) is 57.3 Å². The Morgan fingerprint density at radius 2 is 2.06 bits per heavy atom. The third-order valence-corrected chi connectivity index (χ3v) is 6.66. The molecule has 0 aliphatic carbocycles. The first kappa shape index (κ1) is 25.1. The van der Waals surface area contributed by atoms with Crippen LogP contribution in [0.4, 0.5) is 5.69 Å². The first-order valence-electron chi connectivity index (χ1n) is 10.3. The number of nitro groups is 1. The fraction of sp³-hybridized carbons (Fsp3) is 0.400. The SMILES string of the molecule is CCc1cc(CNCCCP(=O)(O)O)oc1-c1nnc(SC(C)c2cccc([N+](=O)[O-])c2)o1. The highest BCUT2D eigenvalue weighted by Gasteiger charge is 2.21. The van der Waals surface area contributed by atoms with E-state index in [4.69, 9.17) is 18.6 Å². The number of nitrogens with zero attached hydrogens (tertiary/aromatic N) is 3. The number of aryl methyl sites for hydroxylation is 1. The molecule has 2 aromatic heterocycles. The van der Waals surface area contributed by atoms with E-state index in [1.54, 1.807) is 6.07 Å². The van der Waals surface area contributed by atoms with Crippen LogP contribution in [0.5, 0.6) is 0 Å². The molecular formula is C20H25N4O7PS. The quantitative estimate of drug-likeness (QED) is 0.108. The Morgan fingerprint density at radius 1 is 1.27 bits per heavy atom. The van der Waals surface area contributed by atoms with Gasteiger partial charge in [-0.2, -0.15) is 0 Å². The molecule has 3 aromatic rings. The predicted molar refractivity (Wildman–Crippen MR) is 122 cm³/mol. The van der Waals surface area contributed by atoms with Gasteiger partial charge in [0.2, 0.25) is 0 Å². The Bertz CT molecular complexity index is 1140. The summed E-state index contributed by atoms with van der Waals surface area (Å²) in [5.41, 5.74) is 1.69. The summed E-state index contributed by atoms with van der Waals surface area (Å²) in [4.78, 5) is 28.4. The third-order valence-electron chi connectivity index (χ3n) is 4.77. The maximum absolute atomic E-state index is 11.0. The summed E-state index contributed by atoms with van der Waals surface area (Å²) in [5, 5.41) is 22.4. The molecule has 33 heavy (non-hydrogen) atoms. The molecule has 0 amide bonds. The summed E-state index contributed by atoms with van der Waals surface area (Å²) in [6.45, 7) is 4.71. The molecule has 0 saturated heterocycles. The summed E-state index contributed by atoms with van der Waals surface area (Å²) in [6, 6.07) is 8.30. The number of aromatic nitrogens is 2. The van der Waals surface area contributed by atoms with Gasteiger partial charge in [-0.3, -0.25) is 14.7 Å². The molecule has 0 spiro atoms. The smallest absolute Gasteiger partial charge is 0.325 e. The van der Waals surface area contributed by atoms with Gasteiger partial charge in [0.05, 0.1) is 17.6 Å². The number of hydrogen-bond donors (Lipinski definition) is 3. The molecule has 13 heteroatoms. The number of thioether (sulfide) groups is 1. The van der Waals surface area contributed by atoms with Crippen molar-refractivity contribution in [3.8, 4) is 11.7 Å². The van der Waals surface area contributed by atoms with Crippen LogP contribution in [0.15, 0.2) is 44.4 Å². The molecule has 3 N–H and O–H groups in total. The Morgan fingerprint density at radius 3 is 2.76 bits per heavy atom. The van der Waals surface area contributed by atoms with Gasteiger partial charge in [-0.15, -0.1) is 10.2 Å². The Kier molecular flexibility index (Phi) is 8.44. The molecule has 11 nitrogen and oxygen atoms in total. The highest BCUT2D eigenvalue weighted by atomic mass is 32.2. The lowest BCUT2D eigenvalue weighted by atomic mass is 10.1. The topological polar surface area (TPSA) is 165 Å². The summed E-state index contributed by atoms with van der Waals surface area (Å²) >= 11 is 1.29. The highest BCUT2D eigenvalue weighted by molar-refractivity contribution is 7.99. The van der Waals surface area contributed by atoms with Crippen LogP contribution < -0.4 is 5.32 Å². The lowest BCUT2D eigenvalue weighted by molar-refractivity contribution is -0.384. The van der Waals surface area contributed by atoms with Crippen LogP contribution in [0.2, 0.25) is 0 Å². The van der Waals surface area contributed by atoms with E-state index >= 15 is 0 Å². The second kappa shape index (κ2) is 11.1. The van der Waals surface area contributed by atoms with Gasteiger partial charge in [0.25, 0.3) is 16.8 Å². The van der Waals surface area contributed by atoms with Gasteiger partial charge < -0.3 is 23.9 Å². The zero-order valence-corrected chi connectivity index (χ0v) is 19.8. The van der Waals surface area contributed by atoms with E-state index in [0.717, 1.165) is 11.1 Å². The van der Waals surface area contributed by atoms with Crippen molar-refractivity contribution >= 4 is 25.0 Å². The number of hydrogen-bond acceptors (Lipinski definition) is 9. The van der Waals surface area contributed by atoms with Crippen LogP contribution in [-0.4, -0.2) is 37.6 Å². The van der Waals surface area contributed by atoms with E-state index < -0.39 is 12.5 Å². The number of furan rings is 1. The minimum atomic E-state index is -3.98. The van der Waals surface area contributed by atoms with E-state index in [1.165, 1.54) is 23.9 Å². The van der Waals surface area contributed by atoms with Crippen molar-refractivity contribution in [1.29, 1.82) is 0 Å². The molecule has 0 aliphatic rings. The zero-order chi connectivity index (χ0) is 24.0. The van der Waals surface area contributed by atoms with Crippen LogP contribution in [-0.2, 0) is 17.5 Å². The van der Waals surface area contributed by atoms with Crippen LogP contribution in [0, 0.1) is 10.1 Å². The first-order chi connectivity index (χ1) is 15.7. The van der Waals surface area contributed by atoms with Crippen molar-refractivity contribution in [1.82, 2.24) is 15.5 Å². The predicted octanol–water partition coefficient (Wildman–Crippen LogP) is 4.31. The summed E-state index contributed by atoms with van der Waals surface area (Å²) in [7, 11) is -3.98. The molecule has 1 aromatic carbocycles. The molecule has 0 radical (unpaired) electrons. The summed E-state index contributed by atoms with van der Waals surface area (Å²) in [6.07, 6.45) is 0.873. The van der Waals surface area contributed by atoms with Gasteiger partial charge in [-0.1, -0.05) is 30.8 Å². The second-order valence-corrected chi connectivity index (χ2v) is 10.4. The molecule has 0 saturated carbocycles. The zero-order valence-electron chi connectivity index (χ0n) is 18.1. The Hall–Kier alpha value is -2.50. The number of non-ortho nitro benzene ring substituents is 1. The van der Waals surface area contributed by atoms with Gasteiger partial charge in [0.15, 0.2) is 5.76 Å². The molecule has 0 fully saturated rings. The second-order valence-electron chi connectivity index (χ2n) is 7.32. The van der Waals surface area contributed by atoms with Crippen LogP contribution in [0.1, 0.15) is 42.4 Å². The first-order valence-corrected chi connectivity index (χ1v) is 13.0. The highest BCUT2D eigenvalue weighted by Crippen LogP contribution is 2.37. The van der Waals surface area contributed by atoms with Crippen LogP contribution in [0.25, 0.3) is 11.7 Å². The van der Waals surface area contributed by atoms with E-state index in [2.05, 4.69) is 15.5 Å². The van der Waals surface area contributed by atoms with Crippen molar-refractivity contribution in [3.63, 3.8) is 0 Å². The third kappa shape index (κ3) is 7.24. The van der Waals surface area contributed by atoms with Gasteiger partial charge in [-0.05, 0) is 37.9 Å². The normalized spacial score (nSPS) is 12.7. The van der Waals surface area contributed by atoms with Gasteiger partial charge in [0, 0.05) is 22.9 Å². The van der Waals surface area contributed by atoms with Crippen LogP contribution >= 0.6 is 19.4 Å². The molecule has 178 valence electrons. The molecule has 3 rings (SSSR count). The Labute approximate surface area is 194 Å².